The molecule has 0 saturated carbocycles. The summed E-state index contributed by atoms with van der Waals surface area (Å²) in [6.07, 6.45) is -0.0573. The normalized spacial score (nSPS) is 21.4. The summed E-state index contributed by atoms with van der Waals surface area (Å²) in [5.74, 6) is -2.73. The van der Waals surface area contributed by atoms with Crippen LogP contribution < -0.4 is 0 Å². The number of ether oxygens (including phenoxy) is 3. The second-order valence-corrected chi connectivity index (χ2v) is 6.64. The average Bonchev–Trinajstić information content (AvgIpc) is 2.99. The van der Waals surface area contributed by atoms with Crippen LogP contribution in [0.1, 0.15) is 31.0 Å². The summed E-state index contributed by atoms with van der Waals surface area (Å²) in [6, 6.07) is 7.29. The first-order valence-corrected chi connectivity index (χ1v) is 8.91. The molecule has 2 aromatic rings. The molecule has 1 aliphatic carbocycles. The van der Waals surface area contributed by atoms with Crippen LogP contribution in [0, 0.1) is 11.8 Å². The lowest BCUT2D eigenvalue weighted by Gasteiger charge is -2.33. The summed E-state index contributed by atoms with van der Waals surface area (Å²) in [4.78, 5) is 37.8. The minimum absolute atomic E-state index is 0.216. The molecule has 1 aromatic heterocycles. The maximum atomic E-state index is 12.7. The highest BCUT2D eigenvalue weighted by molar-refractivity contribution is 5.99. The number of benzene rings is 1. The van der Waals surface area contributed by atoms with Gasteiger partial charge in [0.15, 0.2) is 0 Å². The fourth-order valence-corrected chi connectivity index (χ4v) is 4.10. The number of fused-ring (bicyclic) bond motifs is 3. The van der Waals surface area contributed by atoms with Crippen molar-refractivity contribution in [1.29, 1.82) is 0 Å². The zero-order chi connectivity index (χ0) is 19.7. The third kappa shape index (κ3) is 2.97. The molecule has 1 heterocycles. The monoisotopic (exact) mass is 373 g/mol. The van der Waals surface area contributed by atoms with Gasteiger partial charge < -0.3 is 14.2 Å². The zero-order valence-corrected chi connectivity index (χ0v) is 15.9. The van der Waals surface area contributed by atoms with Crippen LogP contribution in [0.4, 0.5) is 4.79 Å². The van der Waals surface area contributed by atoms with Gasteiger partial charge in [0.2, 0.25) is 0 Å². The van der Waals surface area contributed by atoms with Crippen LogP contribution in [0.3, 0.4) is 0 Å². The van der Waals surface area contributed by atoms with E-state index in [1.54, 1.807) is 13.0 Å². The highest BCUT2D eigenvalue weighted by atomic mass is 16.5. The smallest absolute Gasteiger partial charge is 0.418 e. The van der Waals surface area contributed by atoms with E-state index in [1.165, 1.54) is 18.8 Å². The van der Waals surface area contributed by atoms with Gasteiger partial charge in [-0.15, -0.1) is 0 Å². The zero-order valence-electron chi connectivity index (χ0n) is 15.9. The lowest BCUT2D eigenvalue weighted by molar-refractivity contribution is -0.156. The number of methoxy groups -OCH3 is 2. The van der Waals surface area contributed by atoms with Gasteiger partial charge in [0, 0.05) is 11.1 Å². The largest absolute Gasteiger partial charge is 0.469 e. The van der Waals surface area contributed by atoms with E-state index in [4.69, 9.17) is 14.2 Å². The van der Waals surface area contributed by atoms with E-state index >= 15 is 0 Å². The number of rotatable bonds is 3. The standard InChI is InChI=1S/C20H23NO6/c1-5-27-20(24)21-13-9-7-6-8-12(13)16-14(21)10-11(2)15(18(22)25-3)17(16)19(23)26-4/h6-9,11,15,17H,5,10H2,1-4H3/t11-,15-,17+/m0/s1. The van der Waals surface area contributed by atoms with Crippen molar-refractivity contribution in [2.45, 2.75) is 26.2 Å². The van der Waals surface area contributed by atoms with Crippen LogP contribution in [0.5, 0.6) is 0 Å². The molecule has 27 heavy (non-hydrogen) atoms. The van der Waals surface area contributed by atoms with Gasteiger partial charge in [0.1, 0.15) is 0 Å². The Bertz CT molecular complexity index is 899. The number of para-hydroxylation sites is 1. The van der Waals surface area contributed by atoms with Gasteiger partial charge in [-0.25, -0.2) is 9.36 Å². The Balaban J connectivity index is 2.32. The maximum absolute atomic E-state index is 12.7. The van der Waals surface area contributed by atoms with Crippen LogP contribution in [0.2, 0.25) is 0 Å². The van der Waals surface area contributed by atoms with Crippen LogP contribution in [-0.2, 0) is 30.2 Å². The number of esters is 2. The maximum Gasteiger partial charge on any atom is 0.418 e. The molecule has 144 valence electrons. The van der Waals surface area contributed by atoms with Crippen molar-refractivity contribution in [3.8, 4) is 0 Å². The predicted octanol–water partition coefficient (Wildman–Crippen LogP) is 2.88. The molecule has 1 aromatic carbocycles. The average molecular weight is 373 g/mol. The molecule has 0 amide bonds. The minimum Gasteiger partial charge on any atom is -0.469 e. The van der Waals surface area contributed by atoms with E-state index in [9.17, 15) is 14.4 Å². The van der Waals surface area contributed by atoms with Gasteiger partial charge in [-0.1, -0.05) is 25.1 Å². The fraction of sp³-hybridized carbons (Fsp3) is 0.450. The highest BCUT2D eigenvalue weighted by Gasteiger charge is 2.47. The SMILES string of the molecule is CCOC(=O)n1c2c(c3ccccc31)[C@H](C(=O)OC)[C@@H](C(=O)OC)[C@@H](C)C2. The quantitative estimate of drug-likeness (QED) is 0.608. The molecule has 7 nitrogen and oxygen atoms in total. The van der Waals surface area contributed by atoms with Gasteiger partial charge in [-0.2, -0.15) is 0 Å². The molecule has 3 atom stereocenters. The Morgan fingerprint density at radius 2 is 1.78 bits per heavy atom. The third-order valence-electron chi connectivity index (χ3n) is 5.19. The van der Waals surface area contributed by atoms with E-state index in [-0.39, 0.29) is 12.5 Å². The number of carbonyl (C=O) groups excluding carboxylic acids is 3. The number of hydrogen-bond donors (Lipinski definition) is 0. The number of carbonyl (C=O) groups is 3. The van der Waals surface area contributed by atoms with Crippen LogP contribution in [-0.4, -0.2) is 43.4 Å². The second-order valence-electron chi connectivity index (χ2n) is 6.64. The summed E-state index contributed by atoms with van der Waals surface area (Å²) in [5, 5.41) is 0.733. The Morgan fingerprint density at radius 1 is 1.11 bits per heavy atom. The van der Waals surface area contributed by atoms with Crippen molar-refractivity contribution < 1.29 is 28.6 Å². The fourth-order valence-electron chi connectivity index (χ4n) is 4.10. The minimum atomic E-state index is -0.846. The molecule has 1 aliphatic rings. The lowest BCUT2D eigenvalue weighted by Crippen LogP contribution is -2.39. The Kier molecular flexibility index (Phi) is 5.21. The first-order chi connectivity index (χ1) is 13.0. The van der Waals surface area contributed by atoms with Crippen LogP contribution >= 0.6 is 0 Å². The van der Waals surface area contributed by atoms with Crippen molar-refractivity contribution in [3.05, 3.63) is 35.5 Å². The van der Waals surface area contributed by atoms with Crippen molar-refractivity contribution >= 4 is 28.9 Å². The molecular weight excluding hydrogens is 350 g/mol. The van der Waals surface area contributed by atoms with E-state index < -0.39 is 29.9 Å². The molecule has 0 spiro atoms. The van der Waals surface area contributed by atoms with Crippen LogP contribution in [0.25, 0.3) is 10.9 Å². The molecule has 0 unspecified atom stereocenters. The van der Waals surface area contributed by atoms with E-state index in [0.29, 0.717) is 23.2 Å². The van der Waals surface area contributed by atoms with Gasteiger partial charge >= 0.3 is 18.0 Å². The van der Waals surface area contributed by atoms with Crippen molar-refractivity contribution in [1.82, 2.24) is 4.57 Å². The molecule has 0 N–H and O–H groups in total. The van der Waals surface area contributed by atoms with Gasteiger partial charge in [-0.3, -0.25) is 9.59 Å². The molecule has 3 rings (SSSR count). The second kappa shape index (κ2) is 7.42. The van der Waals surface area contributed by atoms with E-state index in [0.717, 1.165) is 5.39 Å². The molecule has 0 aliphatic heterocycles. The van der Waals surface area contributed by atoms with Gasteiger partial charge in [-0.05, 0) is 30.9 Å². The topological polar surface area (TPSA) is 83.8 Å². The third-order valence-corrected chi connectivity index (χ3v) is 5.19. The molecule has 0 radical (unpaired) electrons. The summed E-state index contributed by atoms with van der Waals surface area (Å²) in [7, 11) is 2.60. The van der Waals surface area contributed by atoms with E-state index in [1.807, 2.05) is 25.1 Å². The molecule has 7 heteroatoms. The Hall–Kier alpha value is -2.83. The first kappa shape index (κ1) is 18.9. The summed E-state index contributed by atoms with van der Waals surface area (Å²) in [5.41, 5.74) is 1.96. The van der Waals surface area contributed by atoms with Crippen molar-refractivity contribution in [2.24, 2.45) is 11.8 Å². The number of aromatic nitrogens is 1. The highest BCUT2D eigenvalue weighted by Crippen LogP contribution is 2.45. The first-order valence-electron chi connectivity index (χ1n) is 8.91. The van der Waals surface area contributed by atoms with E-state index in [2.05, 4.69) is 0 Å². The van der Waals surface area contributed by atoms with Gasteiger partial charge in [0.25, 0.3) is 0 Å². The summed E-state index contributed by atoms with van der Waals surface area (Å²) < 4.78 is 16.7. The Labute approximate surface area is 157 Å². The van der Waals surface area contributed by atoms with Gasteiger partial charge in [0.05, 0.1) is 38.2 Å². The molecule has 0 bridgehead atoms. The summed E-state index contributed by atoms with van der Waals surface area (Å²) >= 11 is 0. The molecular formula is C20H23NO6. The summed E-state index contributed by atoms with van der Waals surface area (Å²) in [6.45, 7) is 3.84. The predicted molar refractivity (Wildman–Crippen MR) is 97.5 cm³/mol. The molecule has 0 saturated heterocycles. The van der Waals surface area contributed by atoms with Crippen molar-refractivity contribution in [3.63, 3.8) is 0 Å². The lowest BCUT2D eigenvalue weighted by atomic mass is 9.71. The number of hydrogen-bond acceptors (Lipinski definition) is 6. The Morgan fingerprint density at radius 3 is 2.41 bits per heavy atom. The van der Waals surface area contributed by atoms with Crippen LogP contribution in [0.15, 0.2) is 24.3 Å². The molecule has 0 fully saturated rings. The number of nitrogens with zero attached hydrogens (tertiary/aromatic N) is 1. The van der Waals surface area contributed by atoms with Crippen molar-refractivity contribution in [2.75, 3.05) is 20.8 Å².